The molecule has 0 saturated heterocycles. The van der Waals surface area contributed by atoms with Crippen LogP contribution < -0.4 is 20.7 Å². The number of hydrogen-bond donors (Lipinski definition) is 0. The molecule has 2 nitrogen and oxygen atoms in total. The predicted octanol–water partition coefficient (Wildman–Crippen LogP) is 9.51. The van der Waals surface area contributed by atoms with Crippen molar-refractivity contribution in [2.24, 2.45) is 0 Å². The van der Waals surface area contributed by atoms with Crippen LogP contribution in [0.15, 0.2) is 24.3 Å². The van der Waals surface area contributed by atoms with Gasteiger partial charge in [0.25, 0.3) is 0 Å². The highest BCUT2D eigenvalue weighted by atomic mass is 32.1. The number of hydrogen-bond acceptors (Lipinski definition) is 6. The molecule has 4 aromatic heterocycles. The van der Waals surface area contributed by atoms with Crippen LogP contribution in [0.5, 0.6) is 0 Å². The zero-order valence-electron chi connectivity index (χ0n) is 25.4. The van der Waals surface area contributed by atoms with Gasteiger partial charge in [0.1, 0.15) is 16.1 Å². The summed E-state index contributed by atoms with van der Waals surface area (Å²) in [5.74, 6) is 0. The first-order valence-corrected chi connectivity index (χ1v) is 24.1. The van der Waals surface area contributed by atoms with Gasteiger partial charge in [0.2, 0.25) is 0 Å². The van der Waals surface area contributed by atoms with Crippen LogP contribution in [-0.2, 0) is 0 Å². The van der Waals surface area contributed by atoms with Gasteiger partial charge < -0.3 is 0 Å². The molecule has 0 radical (unpaired) electrons. The van der Waals surface area contributed by atoms with E-state index in [0.717, 1.165) is 22.3 Å². The Hall–Kier alpha value is -1.43. The maximum Gasteiger partial charge on any atom is 0.160 e. The van der Waals surface area contributed by atoms with Crippen molar-refractivity contribution in [1.29, 1.82) is 0 Å². The number of unbranched alkanes of at least 4 members (excludes halogenated alkanes) is 4. The van der Waals surface area contributed by atoms with Crippen LogP contribution in [0.4, 0.5) is 0 Å². The van der Waals surface area contributed by atoms with Crippen molar-refractivity contribution in [3.05, 3.63) is 34.0 Å². The fourth-order valence-electron chi connectivity index (χ4n) is 7.59. The molecular formula is C34H42O2S4Si2. The van der Waals surface area contributed by atoms with Gasteiger partial charge in [0, 0.05) is 29.3 Å². The highest BCUT2D eigenvalue weighted by Gasteiger charge is 2.49. The molecule has 6 rings (SSSR count). The summed E-state index contributed by atoms with van der Waals surface area (Å²) in [5.41, 5.74) is 0. The monoisotopic (exact) mass is 666 g/mol. The molecule has 6 heterocycles. The Labute approximate surface area is 269 Å². The topological polar surface area (TPSA) is 34.1 Å². The molecular weight excluding hydrogens is 625 g/mol. The lowest BCUT2D eigenvalue weighted by Crippen LogP contribution is -2.54. The first kappa shape index (κ1) is 30.6. The van der Waals surface area contributed by atoms with Crippen molar-refractivity contribution >= 4 is 94.8 Å². The van der Waals surface area contributed by atoms with Gasteiger partial charge in [-0.25, -0.2) is 0 Å². The average molecular weight is 667 g/mol. The van der Waals surface area contributed by atoms with Gasteiger partial charge in [-0.2, -0.15) is 0 Å². The number of rotatable bonds is 15. The Morgan fingerprint density at radius 3 is 1.12 bits per heavy atom. The Morgan fingerprint density at radius 2 is 0.810 bits per heavy atom. The van der Waals surface area contributed by atoms with Crippen molar-refractivity contribution in [3.63, 3.8) is 0 Å². The summed E-state index contributed by atoms with van der Waals surface area (Å²) in [7, 11) is -3.82. The lowest BCUT2D eigenvalue weighted by atomic mass is 10.3. The number of carbonyl (C=O) groups excluding carboxylic acids is 2. The standard InChI is InChI=1S/C34H42O2S4Si2/c1-5-9-13-41(14-10-6-2)27-17-23(21-35)37-31(27)33-29(41)19-25(39-33)26-20-30-34(40-26)32-28(18-24(22-36)38-32)42(30,15-11-7-3)16-12-8-4/h17-22H,5-16H2,1-4H3. The Morgan fingerprint density at radius 1 is 0.500 bits per heavy atom. The van der Waals surface area contributed by atoms with Crippen LogP contribution in [0, 0.1) is 0 Å². The van der Waals surface area contributed by atoms with Gasteiger partial charge in [-0.05, 0) is 69.2 Å². The van der Waals surface area contributed by atoms with Gasteiger partial charge in [-0.3, -0.25) is 9.59 Å². The zero-order valence-corrected chi connectivity index (χ0v) is 30.7. The lowest BCUT2D eigenvalue weighted by molar-refractivity contribution is 0.111. The Bertz CT molecular complexity index is 1470. The summed E-state index contributed by atoms with van der Waals surface area (Å²) < 4.78 is 0. The summed E-state index contributed by atoms with van der Waals surface area (Å²) in [6, 6.07) is 15.0. The highest BCUT2D eigenvalue weighted by molar-refractivity contribution is 7.34. The molecule has 0 spiro atoms. The molecule has 0 aromatic carbocycles. The quantitative estimate of drug-likeness (QED) is 0.0936. The molecule has 0 bridgehead atoms. The van der Waals surface area contributed by atoms with Gasteiger partial charge in [-0.1, -0.05) is 79.1 Å². The van der Waals surface area contributed by atoms with E-state index in [9.17, 15) is 9.59 Å². The number of carbonyl (C=O) groups is 2. The van der Waals surface area contributed by atoms with Crippen molar-refractivity contribution in [2.45, 2.75) is 103 Å². The van der Waals surface area contributed by atoms with Crippen LogP contribution in [0.25, 0.3) is 29.3 Å². The second-order valence-electron chi connectivity index (χ2n) is 12.3. The van der Waals surface area contributed by atoms with E-state index in [1.54, 1.807) is 43.4 Å². The SMILES string of the molecule is CCCC[Si]1(CCCC)c2cc(C=O)sc2-c2sc(-c3cc4c(s3)-c3sc(C=O)cc3[Si]4(CCCC)CCCC)cc21. The predicted molar refractivity (Wildman–Crippen MR) is 194 cm³/mol. The smallest absolute Gasteiger partial charge is 0.160 e. The largest absolute Gasteiger partial charge is 0.297 e. The minimum Gasteiger partial charge on any atom is -0.297 e. The van der Waals surface area contributed by atoms with E-state index in [2.05, 4.69) is 52.0 Å². The molecule has 0 unspecified atom stereocenters. The summed E-state index contributed by atoms with van der Waals surface area (Å²) in [4.78, 5) is 34.3. The molecule has 0 N–H and O–H groups in total. The van der Waals surface area contributed by atoms with Crippen LogP contribution in [-0.4, -0.2) is 28.7 Å². The fraction of sp³-hybridized carbons (Fsp3) is 0.471. The molecule has 42 heavy (non-hydrogen) atoms. The maximum absolute atomic E-state index is 11.9. The summed E-state index contributed by atoms with van der Waals surface area (Å²) in [6.45, 7) is 9.27. The first-order chi connectivity index (χ1) is 20.5. The van der Waals surface area contributed by atoms with E-state index in [-0.39, 0.29) is 0 Å². The van der Waals surface area contributed by atoms with E-state index in [0.29, 0.717) is 0 Å². The van der Waals surface area contributed by atoms with E-state index < -0.39 is 16.1 Å². The molecule has 0 aliphatic carbocycles. The third kappa shape index (κ3) is 4.79. The van der Waals surface area contributed by atoms with Crippen molar-refractivity contribution < 1.29 is 9.59 Å². The fourth-order valence-corrected chi connectivity index (χ4v) is 26.6. The van der Waals surface area contributed by atoms with Gasteiger partial charge in [0.05, 0.1) is 9.75 Å². The number of fused-ring (bicyclic) bond motifs is 6. The van der Waals surface area contributed by atoms with E-state index in [4.69, 9.17) is 0 Å². The van der Waals surface area contributed by atoms with E-state index in [1.165, 1.54) is 105 Å². The Kier molecular flexibility index (Phi) is 9.12. The first-order valence-electron chi connectivity index (χ1n) is 16.0. The van der Waals surface area contributed by atoms with Crippen molar-refractivity contribution in [1.82, 2.24) is 0 Å². The molecule has 2 aliphatic rings. The molecule has 4 aromatic rings. The normalized spacial score (nSPS) is 15.4. The second-order valence-corrected chi connectivity index (χ2v) is 25.1. The molecule has 0 amide bonds. The van der Waals surface area contributed by atoms with E-state index >= 15 is 0 Å². The minimum absolute atomic E-state index is 0.902. The molecule has 0 saturated carbocycles. The van der Waals surface area contributed by atoms with Crippen molar-refractivity contribution in [3.8, 4) is 29.3 Å². The number of aldehydes is 2. The summed E-state index contributed by atoms with van der Waals surface area (Å²) in [6.07, 6.45) is 12.1. The van der Waals surface area contributed by atoms with E-state index in [1.807, 2.05) is 22.7 Å². The molecule has 8 heteroatoms. The summed E-state index contributed by atoms with van der Waals surface area (Å²) >= 11 is 7.47. The van der Waals surface area contributed by atoms with Crippen LogP contribution in [0.2, 0.25) is 24.2 Å². The second kappa shape index (κ2) is 12.5. The lowest BCUT2D eigenvalue weighted by Gasteiger charge is -2.29. The average Bonchev–Trinajstić information content (AvgIpc) is 3.83. The van der Waals surface area contributed by atoms with Crippen LogP contribution in [0.1, 0.15) is 98.4 Å². The third-order valence-corrected chi connectivity index (χ3v) is 25.9. The maximum atomic E-state index is 11.9. The van der Waals surface area contributed by atoms with Gasteiger partial charge in [0.15, 0.2) is 12.6 Å². The Balaban J connectivity index is 1.50. The zero-order chi connectivity index (χ0) is 29.5. The summed E-state index contributed by atoms with van der Waals surface area (Å²) in [5, 5.41) is 6.45. The van der Waals surface area contributed by atoms with Crippen molar-refractivity contribution in [2.75, 3.05) is 0 Å². The minimum atomic E-state index is -1.91. The molecule has 0 atom stereocenters. The highest BCUT2D eigenvalue weighted by Crippen LogP contribution is 2.49. The number of thiophene rings is 4. The van der Waals surface area contributed by atoms with Gasteiger partial charge >= 0.3 is 0 Å². The third-order valence-electron chi connectivity index (χ3n) is 9.74. The van der Waals surface area contributed by atoms with Crippen LogP contribution >= 0.6 is 45.3 Å². The molecule has 0 fully saturated rings. The van der Waals surface area contributed by atoms with Gasteiger partial charge in [-0.15, -0.1) is 45.3 Å². The molecule has 222 valence electrons. The van der Waals surface area contributed by atoms with Crippen LogP contribution in [0.3, 0.4) is 0 Å². The molecule has 2 aliphatic heterocycles.